The van der Waals surface area contributed by atoms with Crippen LogP contribution in [0, 0.1) is 5.92 Å². The van der Waals surface area contributed by atoms with E-state index in [9.17, 15) is 24.3 Å². The first-order chi connectivity index (χ1) is 16.2. The Hall–Kier alpha value is -4.41. The van der Waals surface area contributed by atoms with E-state index < -0.39 is 42.5 Å². The maximum absolute atomic E-state index is 12.9. The molecule has 0 saturated heterocycles. The van der Waals surface area contributed by atoms with Crippen molar-refractivity contribution in [3.63, 3.8) is 0 Å². The Balaban J connectivity index is 1.93. The Morgan fingerprint density at radius 3 is 2.53 bits per heavy atom. The lowest BCUT2D eigenvalue weighted by molar-refractivity contribution is -0.148. The fraction of sp³-hybridized carbons (Fsp3) is 0.261. The van der Waals surface area contributed by atoms with Gasteiger partial charge in [0.05, 0.1) is 35.8 Å². The maximum atomic E-state index is 12.9. The number of hydrogen-bond donors (Lipinski definition) is 4. The van der Waals surface area contributed by atoms with Crippen molar-refractivity contribution in [2.24, 2.45) is 22.4 Å². The number of benzene rings is 2. The molecular formula is C23H23N3O8. The van der Waals surface area contributed by atoms with Crippen molar-refractivity contribution < 1.29 is 38.9 Å². The zero-order chi connectivity index (χ0) is 24.8. The Bertz CT molecular complexity index is 1170. The zero-order valence-corrected chi connectivity index (χ0v) is 18.0. The largest absolute Gasteiger partial charge is 0.489 e. The summed E-state index contributed by atoms with van der Waals surface area (Å²) in [5.41, 5.74) is 12.3. The van der Waals surface area contributed by atoms with Gasteiger partial charge in [-0.25, -0.2) is 9.79 Å². The number of fused-ring (bicyclic) bond motifs is 2. The van der Waals surface area contributed by atoms with Gasteiger partial charge in [0.1, 0.15) is 0 Å². The first-order valence-corrected chi connectivity index (χ1v) is 10.3. The number of carbonyl (C=O) groups is 4. The maximum Gasteiger partial charge on any atom is 0.343 e. The van der Waals surface area contributed by atoms with Gasteiger partial charge in [-0.3, -0.25) is 14.4 Å². The van der Waals surface area contributed by atoms with Crippen molar-refractivity contribution in [3.8, 4) is 11.5 Å². The monoisotopic (exact) mass is 469 g/mol. The van der Waals surface area contributed by atoms with Gasteiger partial charge in [0, 0.05) is 6.42 Å². The lowest BCUT2D eigenvalue weighted by Gasteiger charge is -2.19. The molecule has 0 radical (unpaired) electrons. The lowest BCUT2D eigenvalue weighted by atomic mass is 9.95. The molecule has 0 spiro atoms. The molecule has 1 aliphatic rings. The first-order valence-electron chi connectivity index (χ1n) is 10.3. The number of ketones is 1. The van der Waals surface area contributed by atoms with E-state index >= 15 is 0 Å². The molecule has 1 atom stereocenters. The third-order valence-corrected chi connectivity index (χ3v) is 5.09. The van der Waals surface area contributed by atoms with Gasteiger partial charge in [-0.15, -0.1) is 0 Å². The molecule has 2 aromatic rings. The molecule has 2 aromatic carbocycles. The number of Topliss-reactive ketones (excluding diaryl/α,β-unsaturated/α-hetero) is 1. The summed E-state index contributed by atoms with van der Waals surface area (Å²) in [6.07, 6.45) is -0.343. The minimum absolute atomic E-state index is 0.000823. The number of aliphatic imine (C=N–C) groups is 1. The van der Waals surface area contributed by atoms with Crippen LogP contribution in [0.1, 0.15) is 45.5 Å². The van der Waals surface area contributed by atoms with Gasteiger partial charge >= 0.3 is 17.9 Å². The molecule has 1 heterocycles. The molecule has 1 unspecified atom stereocenters. The third kappa shape index (κ3) is 5.88. The standard InChI is InChI=1S/C23H23N3O8/c24-23(25)26-14-6-7-15-12(9-14)3-2-8-33-20-16(4-1-5-18(20)34-22(15)32)17(27)10-13(21(30)31)11-19(28)29/h1,4-7,9,13H,2-3,8,10-11H2,(H,28,29)(H,30,31)(H4,24,25,26). The van der Waals surface area contributed by atoms with E-state index in [1.165, 1.54) is 18.2 Å². The number of ether oxygens (including phenoxy) is 2. The van der Waals surface area contributed by atoms with Crippen LogP contribution in [0.5, 0.6) is 11.5 Å². The van der Waals surface area contributed by atoms with Crippen LogP contribution in [0.4, 0.5) is 5.69 Å². The van der Waals surface area contributed by atoms with Gasteiger partial charge in [0.25, 0.3) is 0 Å². The summed E-state index contributed by atoms with van der Waals surface area (Å²) in [7, 11) is 0. The predicted octanol–water partition coefficient (Wildman–Crippen LogP) is 1.88. The summed E-state index contributed by atoms with van der Waals surface area (Å²) in [6, 6.07) is 9.11. The minimum Gasteiger partial charge on any atom is -0.489 e. The number of para-hydroxylation sites is 1. The molecule has 3 rings (SSSR count). The molecule has 6 N–H and O–H groups in total. The first kappa shape index (κ1) is 24.2. The fourth-order valence-corrected chi connectivity index (χ4v) is 3.55. The smallest absolute Gasteiger partial charge is 0.343 e. The van der Waals surface area contributed by atoms with E-state index in [0.29, 0.717) is 29.7 Å². The van der Waals surface area contributed by atoms with Crippen LogP contribution < -0.4 is 20.9 Å². The van der Waals surface area contributed by atoms with Gasteiger partial charge < -0.3 is 31.2 Å². The average molecular weight is 469 g/mol. The number of aliphatic carboxylic acids is 2. The Morgan fingerprint density at radius 2 is 1.85 bits per heavy atom. The summed E-state index contributed by atoms with van der Waals surface area (Å²) in [6.45, 7) is 0.165. The normalized spacial score (nSPS) is 13.8. The fourth-order valence-electron chi connectivity index (χ4n) is 3.55. The van der Waals surface area contributed by atoms with Crippen molar-refractivity contribution in [1.29, 1.82) is 0 Å². The van der Waals surface area contributed by atoms with Gasteiger partial charge in [-0.1, -0.05) is 6.07 Å². The number of nitrogens with zero attached hydrogens (tertiary/aromatic N) is 1. The predicted molar refractivity (Wildman–Crippen MR) is 119 cm³/mol. The van der Waals surface area contributed by atoms with Gasteiger partial charge in [-0.05, 0) is 48.7 Å². The minimum atomic E-state index is -1.41. The molecule has 34 heavy (non-hydrogen) atoms. The van der Waals surface area contributed by atoms with Crippen molar-refractivity contribution in [2.75, 3.05) is 6.61 Å². The van der Waals surface area contributed by atoms with E-state index in [-0.39, 0.29) is 29.6 Å². The highest BCUT2D eigenvalue weighted by Gasteiger charge is 2.28. The number of esters is 1. The highest BCUT2D eigenvalue weighted by molar-refractivity contribution is 6.02. The Kier molecular flexibility index (Phi) is 7.46. The van der Waals surface area contributed by atoms with Crippen LogP contribution in [0.2, 0.25) is 0 Å². The summed E-state index contributed by atoms with van der Waals surface area (Å²) in [4.78, 5) is 52.1. The molecule has 1 aliphatic heterocycles. The lowest BCUT2D eigenvalue weighted by Crippen LogP contribution is -2.22. The molecule has 0 saturated carbocycles. The summed E-state index contributed by atoms with van der Waals surface area (Å²) in [5.74, 6) is -5.59. The summed E-state index contributed by atoms with van der Waals surface area (Å²) < 4.78 is 11.3. The van der Waals surface area contributed by atoms with Crippen LogP contribution >= 0.6 is 0 Å². The number of carbonyl (C=O) groups excluding carboxylic acids is 2. The van der Waals surface area contributed by atoms with Gasteiger partial charge in [0.15, 0.2) is 23.2 Å². The zero-order valence-electron chi connectivity index (χ0n) is 18.0. The molecular weight excluding hydrogens is 446 g/mol. The molecule has 11 nitrogen and oxygen atoms in total. The highest BCUT2D eigenvalue weighted by atomic mass is 16.6. The van der Waals surface area contributed by atoms with Crippen molar-refractivity contribution in [3.05, 3.63) is 53.1 Å². The molecule has 0 fully saturated rings. The molecule has 11 heteroatoms. The van der Waals surface area contributed by atoms with E-state index in [4.69, 9.17) is 26.0 Å². The second-order valence-electron chi connectivity index (χ2n) is 7.61. The Morgan fingerprint density at radius 1 is 1.09 bits per heavy atom. The van der Waals surface area contributed by atoms with Crippen LogP contribution in [0.25, 0.3) is 0 Å². The van der Waals surface area contributed by atoms with E-state index in [2.05, 4.69) is 4.99 Å². The SMILES string of the molecule is NC(N)=Nc1ccc2c(c1)CCCOc1c(cccc1C(=O)CC(CC(=O)O)C(=O)O)OC2=O. The van der Waals surface area contributed by atoms with Crippen molar-refractivity contribution in [1.82, 2.24) is 0 Å². The van der Waals surface area contributed by atoms with E-state index in [1.54, 1.807) is 18.2 Å². The quantitative estimate of drug-likeness (QED) is 0.153. The van der Waals surface area contributed by atoms with Gasteiger partial charge in [-0.2, -0.15) is 0 Å². The van der Waals surface area contributed by atoms with Crippen LogP contribution in [0.15, 0.2) is 41.4 Å². The van der Waals surface area contributed by atoms with Gasteiger partial charge in [0.2, 0.25) is 0 Å². The van der Waals surface area contributed by atoms with Crippen LogP contribution in [0.3, 0.4) is 0 Å². The van der Waals surface area contributed by atoms with Crippen LogP contribution in [-0.2, 0) is 16.0 Å². The van der Waals surface area contributed by atoms with Crippen molar-refractivity contribution in [2.45, 2.75) is 25.7 Å². The summed E-state index contributed by atoms with van der Waals surface area (Å²) in [5, 5.41) is 18.2. The summed E-state index contributed by atoms with van der Waals surface area (Å²) >= 11 is 0. The molecule has 0 bridgehead atoms. The van der Waals surface area contributed by atoms with E-state index in [0.717, 1.165) is 0 Å². The number of carboxylic acids is 2. The Labute approximate surface area is 194 Å². The second-order valence-corrected chi connectivity index (χ2v) is 7.61. The third-order valence-electron chi connectivity index (χ3n) is 5.09. The topological polar surface area (TPSA) is 192 Å². The number of aryl methyl sites for hydroxylation is 1. The van der Waals surface area contributed by atoms with Crippen LogP contribution in [-0.4, -0.2) is 46.5 Å². The number of rotatable bonds is 7. The number of carboxylic acid groups (broad SMARTS) is 2. The highest BCUT2D eigenvalue weighted by Crippen LogP contribution is 2.35. The number of hydrogen-bond acceptors (Lipinski definition) is 7. The molecule has 0 aliphatic carbocycles. The molecule has 178 valence electrons. The average Bonchev–Trinajstić information content (AvgIpc) is 2.75. The molecule has 0 amide bonds. The van der Waals surface area contributed by atoms with Crippen molar-refractivity contribution >= 4 is 35.3 Å². The molecule has 0 aromatic heterocycles. The number of guanidine groups is 1. The van der Waals surface area contributed by atoms with E-state index in [1.807, 2.05) is 0 Å². The number of nitrogens with two attached hydrogens (primary N) is 2. The second kappa shape index (κ2) is 10.5.